The number of nitrogens with zero attached hydrogens (tertiary/aromatic N) is 3. The smallest absolute Gasteiger partial charge is 0.205 e. The van der Waals surface area contributed by atoms with Crippen molar-refractivity contribution in [3.8, 4) is 0 Å². The lowest BCUT2D eigenvalue weighted by Gasteiger charge is -2.12. The van der Waals surface area contributed by atoms with Gasteiger partial charge in [-0.05, 0) is 11.1 Å². The number of aromatic nitrogens is 2. The fraction of sp³-hybridized carbons (Fsp3) is 0.385. The molecule has 3 nitrogen and oxygen atoms in total. The molecule has 1 aromatic carbocycles. The summed E-state index contributed by atoms with van der Waals surface area (Å²) >= 11 is 1.51. The maximum absolute atomic E-state index is 4.61. The third kappa shape index (κ3) is 1.93. The average Bonchev–Trinajstić information content (AvgIpc) is 2.95. The Labute approximate surface area is 105 Å². The van der Waals surface area contributed by atoms with E-state index in [4.69, 9.17) is 0 Å². The van der Waals surface area contributed by atoms with Gasteiger partial charge < -0.3 is 4.90 Å². The van der Waals surface area contributed by atoms with Gasteiger partial charge in [-0.15, -0.1) is 0 Å². The largest absolute Gasteiger partial charge is 0.338 e. The first-order valence-electron chi connectivity index (χ1n) is 5.89. The van der Waals surface area contributed by atoms with Crippen LogP contribution < -0.4 is 4.90 Å². The SMILES string of the molecule is CC(C)c1nsc(N2Cc3ccccc3C2)n1. The van der Waals surface area contributed by atoms with E-state index in [1.54, 1.807) is 0 Å². The summed E-state index contributed by atoms with van der Waals surface area (Å²) in [6.45, 7) is 6.18. The molecule has 4 heteroatoms. The molecule has 0 spiro atoms. The van der Waals surface area contributed by atoms with Crippen LogP contribution in [0.2, 0.25) is 0 Å². The molecule has 88 valence electrons. The molecule has 0 N–H and O–H groups in total. The summed E-state index contributed by atoms with van der Waals surface area (Å²) in [5.74, 6) is 1.37. The molecule has 0 radical (unpaired) electrons. The Balaban J connectivity index is 1.84. The molecule has 2 aromatic rings. The fourth-order valence-corrected chi connectivity index (χ4v) is 2.86. The molecule has 0 saturated carbocycles. The van der Waals surface area contributed by atoms with Crippen LogP contribution in [-0.2, 0) is 13.1 Å². The van der Waals surface area contributed by atoms with Crippen molar-refractivity contribution in [2.75, 3.05) is 4.90 Å². The Morgan fingerprint density at radius 2 is 1.82 bits per heavy atom. The first-order chi connectivity index (χ1) is 8.24. The second kappa shape index (κ2) is 4.11. The Hall–Kier alpha value is -1.42. The molecule has 1 aliphatic heterocycles. The zero-order valence-electron chi connectivity index (χ0n) is 10.1. The van der Waals surface area contributed by atoms with Gasteiger partial charge in [0, 0.05) is 30.5 Å². The molecule has 1 aliphatic rings. The van der Waals surface area contributed by atoms with Crippen LogP contribution in [0.1, 0.15) is 36.7 Å². The fourth-order valence-electron chi connectivity index (χ4n) is 2.06. The van der Waals surface area contributed by atoms with Crippen molar-refractivity contribution < 1.29 is 0 Å². The lowest BCUT2D eigenvalue weighted by Crippen LogP contribution is -2.14. The van der Waals surface area contributed by atoms with Crippen LogP contribution in [0, 0.1) is 0 Å². The zero-order chi connectivity index (χ0) is 11.8. The molecule has 0 aliphatic carbocycles. The van der Waals surface area contributed by atoms with Crippen LogP contribution in [0.4, 0.5) is 5.13 Å². The van der Waals surface area contributed by atoms with Gasteiger partial charge in [-0.1, -0.05) is 38.1 Å². The van der Waals surface area contributed by atoms with Gasteiger partial charge in [-0.3, -0.25) is 0 Å². The van der Waals surface area contributed by atoms with Gasteiger partial charge in [0.2, 0.25) is 5.13 Å². The summed E-state index contributed by atoms with van der Waals surface area (Å²) in [5, 5.41) is 1.05. The van der Waals surface area contributed by atoms with Crippen molar-refractivity contribution in [2.45, 2.75) is 32.9 Å². The van der Waals surface area contributed by atoms with E-state index in [1.807, 2.05) is 0 Å². The van der Waals surface area contributed by atoms with Gasteiger partial charge in [-0.2, -0.15) is 4.37 Å². The maximum atomic E-state index is 4.61. The van der Waals surface area contributed by atoms with Gasteiger partial charge >= 0.3 is 0 Å². The minimum absolute atomic E-state index is 0.407. The third-order valence-corrected chi connectivity index (χ3v) is 3.85. The lowest BCUT2D eigenvalue weighted by atomic mass is 10.1. The van der Waals surface area contributed by atoms with Crippen LogP contribution >= 0.6 is 11.5 Å². The van der Waals surface area contributed by atoms with Crippen molar-refractivity contribution in [3.05, 3.63) is 41.2 Å². The van der Waals surface area contributed by atoms with Crippen molar-refractivity contribution in [2.24, 2.45) is 0 Å². The van der Waals surface area contributed by atoms with Gasteiger partial charge in [0.05, 0.1) is 0 Å². The third-order valence-electron chi connectivity index (χ3n) is 3.06. The molecule has 0 unspecified atom stereocenters. The zero-order valence-corrected chi connectivity index (χ0v) is 10.9. The topological polar surface area (TPSA) is 29.0 Å². The number of anilines is 1. The van der Waals surface area contributed by atoms with E-state index >= 15 is 0 Å². The van der Waals surface area contributed by atoms with Crippen molar-refractivity contribution in [1.82, 2.24) is 9.36 Å². The average molecular weight is 245 g/mol. The lowest BCUT2D eigenvalue weighted by molar-refractivity contribution is 0.787. The van der Waals surface area contributed by atoms with Gasteiger partial charge in [0.15, 0.2) is 0 Å². The summed E-state index contributed by atoms with van der Waals surface area (Å²) in [6.07, 6.45) is 0. The number of hydrogen-bond donors (Lipinski definition) is 0. The highest BCUT2D eigenvalue weighted by Crippen LogP contribution is 2.30. The van der Waals surface area contributed by atoms with Crippen LogP contribution in [0.15, 0.2) is 24.3 Å². The molecular weight excluding hydrogens is 230 g/mol. The molecule has 0 saturated heterocycles. The first kappa shape index (κ1) is 10.7. The summed E-state index contributed by atoms with van der Waals surface area (Å²) in [4.78, 5) is 6.91. The summed E-state index contributed by atoms with van der Waals surface area (Å²) < 4.78 is 4.41. The highest BCUT2D eigenvalue weighted by atomic mass is 32.1. The number of rotatable bonds is 2. The molecular formula is C13H15N3S. The highest BCUT2D eigenvalue weighted by molar-refractivity contribution is 7.09. The van der Waals surface area contributed by atoms with Crippen LogP contribution in [-0.4, -0.2) is 9.36 Å². The molecule has 0 atom stereocenters. The quantitative estimate of drug-likeness (QED) is 0.813. The monoisotopic (exact) mass is 245 g/mol. The Bertz CT molecular complexity index is 508. The van der Waals surface area contributed by atoms with Crippen LogP contribution in [0.5, 0.6) is 0 Å². The van der Waals surface area contributed by atoms with Crippen molar-refractivity contribution >= 4 is 16.7 Å². The summed E-state index contributed by atoms with van der Waals surface area (Å²) in [6, 6.07) is 8.59. The first-order valence-corrected chi connectivity index (χ1v) is 6.66. The van der Waals surface area contributed by atoms with E-state index in [1.165, 1.54) is 22.7 Å². The molecule has 2 heterocycles. The van der Waals surface area contributed by atoms with Gasteiger partial charge in [0.25, 0.3) is 0 Å². The molecule has 1 aromatic heterocycles. The predicted octanol–water partition coefficient (Wildman–Crippen LogP) is 3.18. The number of fused-ring (bicyclic) bond motifs is 1. The van der Waals surface area contributed by atoms with Gasteiger partial charge in [-0.25, -0.2) is 4.98 Å². The van der Waals surface area contributed by atoms with E-state index in [0.29, 0.717) is 5.92 Å². The second-order valence-corrected chi connectivity index (χ2v) is 5.44. The highest BCUT2D eigenvalue weighted by Gasteiger charge is 2.21. The molecule has 0 fully saturated rings. The van der Waals surface area contributed by atoms with Gasteiger partial charge in [0.1, 0.15) is 5.82 Å². The van der Waals surface area contributed by atoms with Crippen LogP contribution in [0.3, 0.4) is 0 Å². The minimum Gasteiger partial charge on any atom is -0.338 e. The van der Waals surface area contributed by atoms with E-state index < -0.39 is 0 Å². The Morgan fingerprint density at radius 3 is 2.35 bits per heavy atom. The Morgan fingerprint density at radius 1 is 1.18 bits per heavy atom. The minimum atomic E-state index is 0.407. The van der Waals surface area contributed by atoms with Crippen molar-refractivity contribution in [1.29, 1.82) is 0 Å². The Kier molecular flexibility index (Phi) is 2.59. The normalized spacial score (nSPS) is 14.4. The maximum Gasteiger partial charge on any atom is 0.205 e. The van der Waals surface area contributed by atoms with E-state index in [9.17, 15) is 0 Å². The number of hydrogen-bond acceptors (Lipinski definition) is 4. The summed E-state index contributed by atoms with van der Waals surface area (Å²) in [7, 11) is 0. The van der Waals surface area contributed by atoms with E-state index in [0.717, 1.165) is 24.0 Å². The second-order valence-electron chi connectivity index (χ2n) is 4.71. The standard InChI is InChI=1S/C13H15N3S/c1-9(2)12-14-13(17-15-12)16-7-10-5-3-4-6-11(10)8-16/h3-6,9H,7-8H2,1-2H3. The van der Waals surface area contributed by atoms with Crippen molar-refractivity contribution in [3.63, 3.8) is 0 Å². The van der Waals surface area contributed by atoms with E-state index in [2.05, 4.69) is 52.4 Å². The molecule has 17 heavy (non-hydrogen) atoms. The van der Waals surface area contributed by atoms with E-state index in [-0.39, 0.29) is 0 Å². The molecule has 0 amide bonds. The predicted molar refractivity (Wildman–Crippen MR) is 70.3 cm³/mol. The number of benzene rings is 1. The molecule has 0 bridgehead atoms. The molecule has 3 rings (SSSR count). The summed E-state index contributed by atoms with van der Waals surface area (Å²) in [5.41, 5.74) is 2.82. The van der Waals surface area contributed by atoms with Crippen LogP contribution in [0.25, 0.3) is 0 Å².